The highest BCUT2D eigenvalue weighted by atomic mass is 32.2. The van der Waals surface area contributed by atoms with Crippen LogP contribution in [0.2, 0.25) is 0 Å². The number of aliphatic imine (C=N–C) groups is 1. The van der Waals surface area contributed by atoms with Crippen LogP contribution in [0.3, 0.4) is 0 Å². The smallest absolute Gasteiger partial charge is 0.233 e. The predicted molar refractivity (Wildman–Crippen MR) is 119 cm³/mol. The van der Waals surface area contributed by atoms with E-state index in [0.717, 1.165) is 5.56 Å². The molecular weight excluding hydrogens is 421 g/mol. The van der Waals surface area contributed by atoms with Crippen LogP contribution in [0.15, 0.2) is 47.5 Å². The zero-order valence-corrected chi connectivity index (χ0v) is 18.4. The molecule has 31 heavy (non-hydrogen) atoms. The van der Waals surface area contributed by atoms with Crippen LogP contribution >= 0.6 is 11.8 Å². The maximum atomic E-state index is 13.3. The van der Waals surface area contributed by atoms with Crippen LogP contribution in [0.1, 0.15) is 12.0 Å². The Hall–Kier alpha value is -3.07. The highest BCUT2D eigenvalue weighted by molar-refractivity contribution is 8.15. The molecule has 1 saturated heterocycles. The molecule has 0 spiro atoms. The van der Waals surface area contributed by atoms with Crippen LogP contribution < -0.4 is 14.8 Å². The highest BCUT2D eigenvalue weighted by Crippen LogP contribution is 2.31. The summed E-state index contributed by atoms with van der Waals surface area (Å²) in [6, 6.07) is 11.3. The number of carbonyl (C=O) groups excluding carboxylic acids is 2. The van der Waals surface area contributed by atoms with Gasteiger partial charge >= 0.3 is 0 Å². The van der Waals surface area contributed by atoms with Crippen LogP contribution in [0.5, 0.6) is 11.5 Å². The second-order valence-electron chi connectivity index (χ2n) is 6.78. The molecule has 1 N–H and O–H groups in total. The van der Waals surface area contributed by atoms with Crippen molar-refractivity contribution < 1.29 is 23.5 Å². The Morgan fingerprint density at radius 2 is 1.90 bits per heavy atom. The number of nitrogens with zero attached hydrogens (tertiary/aromatic N) is 2. The normalized spacial score (nSPS) is 17.5. The lowest BCUT2D eigenvalue weighted by Gasteiger charge is -2.31. The van der Waals surface area contributed by atoms with Gasteiger partial charge in [-0.15, -0.1) is 0 Å². The number of halogens is 1. The van der Waals surface area contributed by atoms with Crippen molar-refractivity contribution in [3.8, 4) is 11.5 Å². The van der Waals surface area contributed by atoms with E-state index in [4.69, 9.17) is 9.47 Å². The van der Waals surface area contributed by atoms with E-state index in [0.29, 0.717) is 35.3 Å². The van der Waals surface area contributed by atoms with Crippen molar-refractivity contribution in [2.24, 2.45) is 4.99 Å². The van der Waals surface area contributed by atoms with Crippen LogP contribution in [0.4, 0.5) is 10.1 Å². The molecule has 3 rings (SSSR count). The van der Waals surface area contributed by atoms with Crippen LogP contribution in [0.25, 0.3) is 0 Å². The minimum Gasteiger partial charge on any atom is -0.493 e. The van der Waals surface area contributed by atoms with E-state index in [9.17, 15) is 14.0 Å². The van der Waals surface area contributed by atoms with Gasteiger partial charge < -0.3 is 14.8 Å². The van der Waals surface area contributed by atoms with Gasteiger partial charge in [0.15, 0.2) is 16.7 Å². The van der Waals surface area contributed by atoms with Gasteiger partial charge in [-0.1, -0.05) is 17.8 Å². The summed E-state index contributed by atoms with van der Waals surface area (Å²) in [6.45, 7) is 0.377. The van der Waals surface area contributed by atoms with E-state index in [1.54, 1.807) is 19.1 Å². The minimum absolute atomic E-state index is 0.0821. The molecule has 1 aliphatic heterocycles. The van der Waals surface area contributed by atoms with Crippen molar-refractivity contribution in [3.63, 3.8) is 0 Å². The molecule has 1 aliphatic rings. The second kappa shape index (κ2) is 10.3. The lowest BCUT2D eigenvalue weighted by molar-refractivity contribution is -0.130. The highest BCUT2D eigenvalue weighted by Gasteiger charge is 2.35. The zero-order chi connectivity index (χ0) is 22.4. The van der Waals surface area contributed by atoms with Crippen molar-refractivity contribution >= 4 is 34.4 Å². The third-order valence-electron chi connectivity index (χ3n) is 4.80. The fourth-order valence-electron chi connectivity index (χ4n) is 3.13. The first kappa shape index (κ1) is 22.6. The maximum Gasteiger partial charge on any atom is 0.233 e. The lowest BCUT2D eigenvalue weighted by atomic mass is 10.1. The predicted octanol–water partition coefficient (Wildman–Crippen LogP) is 3.15. The minimum atomic E-state index is -0.561. The first-order valence-electron chi connectivity index (χ1n) is 9.69. The second-order valence-corrected chi connectivity index (χ2v) is 7.95. The molecular formula is C22H24FN3O4S. The maximum absolute atomic E-state index is 13.3. The van der Waals surface area contributed by atoms with Gasteiger partial charge in [0, 0.05) is 20.0 Å². The summed E-state index contributed by atoms with van der Waals surface area (Å²) >= 11 is 1.23. The summed E-state index contributed by atoms with van der Waals surface area (Å²) in [5, 5.41) is 2.44. The van der Waals surface area contributed by atoms with Gasteiger partial charge in [-0.25, -0.2) is 9.38 Å². The quantitative estimate of drug-likeness (QED) is 0.708. The summed E-state index contributed by atoms with van der Waals surface area (Å²) in [4.78, 5) is 31.1. The number of amidine groups is 1. The van der Waals surface area contributed by atoms with E-state index in [1.807, 2.05) is 18.2 Å². The third kappa shape index (κ3) is 5.55. The van der Waals surface area contributed by atoms with Crippen molar-refractivity contribution in [2.75, 3.05) is 27.8 Å². The van der Waals surface area contributed by atoms with Crippen molar-refractivity contribution in [1.29, 1.82) is 0 Å². The molecule has 2 amide bonds. The van der Waals surface area contributed by atoms with E-state index in [-0.39, 0.29) is 24.1 Å². The number of hydrogen-bond donors (Lipinski definition) is 1. The average molecular weight is 446 g/mol. The molecule has 7 nitrogen and oxygen atoms in total. The number of nitrogens with one attached hydrogen (secondary N) is 1. The molecule has 0 bridgehead atoms. The number of amides is 2. The number of methoxy groups -OCH3 is 2. The molecule has 0 unspecified atom stereocenters. The molecule has 0 aliphatic carbocycles. The van der Waals surface area contributed by atoms with Crippen molar-refractivity contribution in [3.05, 3.63) is 53.8 Å². The van der Waals surface area contributed by atoms with Gasteiger partial charge in [0.05, 0.1) is 25.2 Å². The number of hydrogen-bond acceptors (Lipinski definition) is 6. The van der Waals surface area contributed by atoms with Gasteiger partial charge in [-0.3, -0.25) is 14.5 Å². The van der Waals surface area contributed by atoms with Gasteiger partial charge in [-0.05, 0) is 48.4 Å². The number of benzene rings is 2. The van der Waals surface area contributed by atoms with Crippen LogP contribution in [-0.2, 0) is 16.0 Å². The molecule has 1 fully saturated rings. The first-order valence-corrected chi connectivity index (χ1v) is 10.6. The number of carbonyl (C=O) groups is 2. The molecule has 1 atom stereocenters. The molecule has 2 aromatic rings. The lowest BCUT2D eigenvalue weighted by Crippen LogP contribution is -2.46. The number of rotatable bonds is 7. The summed E-state index contributed by atoms with van der Waals surface area (Å²) in [7, 11) is 4.68. The van der Waals surface area contributed by atoms with Crippen molar-refractivity contribution in [2.45, 2.75) is 18.1 Å². The van der Waals surface area contributed by atoms with Gasteiger partial charge in [0.2, 0.25) is 11.8 Å². The fraction of sp³-hybridized carbons (Fsp3) is 0.318. The summed E-state index contributed by atoms with van der Waals surface area (Å²) < 4.78 is 23.9. The Morgan fingerprint density at radius 1 is 1.19 bits per heavy atom. The number of thioether (sulfide) groups is 1. The van der Waals surface area contributed by atoms with Gasteiger partial charge in [0.25, 0.3) is 0 Å². The van der Waals surface area contributed by atoms with E-state index in [2.05, 4.69) is 10.3 Å². The van der Waals surface area contributed by atoms with E-state index < -0.39 is 5.25 Å². The molecule has 1 heterocycles. The molecule has 0 radical (unpaired) electrons. The largest absolute Gasteiger partial charge is 0.493 e. The Morgan fingerprint density at radius 3 is 2.55 bits per heavy atom. The number of ether oxygens (including phenoxy) is 2. The first-order chi connectivity index (χ1) is 14.9. The van der Waals surface area contributed by atoms with Crippen LogP contribution in [0, 0.1) is 5.82 Å². The average Bonchev–Trinajstić information content (AvgIpc) is 2.79. The van der Waals surface area contributed by atoms with Crippen LogP contribution in [-0.4, -0.2) is 54.9 Å². The molecule has 0 aromatic heterocycles. The molecule has 0 saturated carbocycles. The topological polar surface area (TPSA) is 80.2 Å². The third-order valence-corrected chi connectivity index (χ3v) is 5.99. The standard InChI is InChI=1S/C22H24FN3O4S/c1-24-21(28)19-13-20(27)26(22(31-19)25-16-7-5-15(23)6-8-16)11-10-14-4-9-17(29-2)18(12-14)30-3/h4-9,12,19H,10-11,13H2,1-3H3,(H,24,28)/t19-/m0/s1. The molecule has 9 heteroatoms. The van der Waals surface area contributed by atoms with Crippen molar-refractivity contribution in [1.82, 2.24) is 10.2 Å². The SMILES string of the molecule is CNC(=O)[C@@H]1CC(=O)N(CCc2ccc(OC)c(OC)c2)C(=Nc2ccc(F)cc2)S1. The summed E-state index contributed by atoms with van der Waals surface area (Å²) in [5.74, 6) is 0.449. The molecule has 164 valence electrons. The fourth-order valence-corrected chi connectivity index (χ4v) is 4.31. The summed E-state index contributed by atoms with van der Waals surface area (Å²) in [6.07, 6.45) is 0.637. The Balaban J connectivity index is 1.84. The zero-order valence-electron chi connectivity index (χ0n) is 17.6. The Bertz CT molecular complexity index is 981. The van der Waals surface area contributed by atoms with Gasteiger partial charge in [0.1, 0.15) is 5.82 Å². The summed E-state index contributed by atoms with van der Waals surface area (Å²) in [5.41, 5.74) is 1.47. The Kier molecular flexibility index (Phi) is 7.51. The van der Waals surface area contributed by atoms with E-state index >= 15 is 0 Å². The van der Waals surface area contributed by atoms with Gasteiger partial charge in [-0.2, -0.15) is 0 Å². The monoisotopic (exact) mass is 445 g/mol. The molecule has 2 aromatic carbocycles. The van der Waals surface area contributed by atoms with E-state index in [1.165, 1.54) is 43.1 Å². The Labute approximate surface area is 184 Å².